The highest BCUT2D eigenvalue weighted by molar-refractivity contribution is 6.05. The smallest absolute Gasteiger partial charge is 0.272 e. The number of aromatic nitrogens is 1. The van der Waals surface area contributed by atoms with E-state index in [0.29, 0.717) is 33.5 Å². The number of H-pyrrole nitrogens is 1. The summed E-state index contributed by atoms with van der Waals surface area (Å²) in [5.41, 5.74) is 1.86. The van der Waals surface area contributed by atoms with Crippen molar-refractivity contribution in [2.45, 2.75) is 6.92 Å². The van der Waals surface area contributed by atoms with Gasteiger partial charge in [0, 0.05) is 11.1 Å². The molecule has 0 radical (unpaired) electrons. The SMILES string of the molecule is Cc1cc(Oc2ccc(C#N)cc2)ccc1NC(=O)c1cc2ccccc2c(=O)[nH]1. The van der Waals surface area contributed by atoms with Crippen LogP contribution in [0.2, 0.25) is 0 Å². The summed E-state index contributed by atoms with van der Waals surface area (Å²) in [5, 5.41) is 12.9. The molecule has 0 saturated carbocycles. The van der Waals surface area contributed by atoms with E-state index in [1.807, 2.05) is 13.0 Å². The Morgan fingerprint density at radius 3 is 2.47 bits per heavy atom. The number of nitrogens with zero attached hydrogens (tertiary/aromatic N) is 1. The molecule has 0 fully saturated rings. The van der Waals surface area contributed by atoms with E-state index in [-0.39, 0.29) is 11.3 Å². The van der Waals surface area contributed by atoms with Gasteiger partial charge in [0.25, 0.3) is 11.5 Å². The fraction of sp³-hybridized carbons (Fsp3) is 0.0417. The van der Waals surface area contributed by atoms with Gasteiger partial charge in [-0.1, -0.05) is 18.2 Å². The van der Waals surface area contributed by atoms with Gasteiger partial charge in [0.05, 0.1) is 11.6 Å². The zero-order valence-corrected chi connectivity index (χ0v) is 16.1. The first kappa shape index (κ1) is 19.0. The summed E-state index contributed by atoms with van der Waals surface area (Å²) in [6.07, 6.45) is 0. The second kappa shape index (κ2) is 7.94. The van der Waals surface area contributed by atoms with Crippen molar-refractivity contribution < 1.29 is 9.53 Å². The number of aryl methyl sites for hydroxylation is 1. The lowest BCUT2D eigenvalue weighted by molar-refractivity contribution is 0.102. The molecule has 2 N–H and O–H groups in total. The van der Waals surface area contributed by atoms with Crippen LogP contribution in [0.15, 0.2) is 77.6 Å². The molecular formula is C24H17N3O3. The zero-order chi connectivity index (χ0) is 21.1. The lowest BCUT2D eigenvalue weighted by Crippen LogP contribution is -2.19. The number of fused-ring (bicyclic) bond motifs is 1. The number of rotatable bonds is 4. The molecule has 0 unspecified atom stereocenters. The van der Waals surface area contributed by atoms with Crippen LogP contribution in [0.5, 0.6) is 11.5 Å². The maximum absolute atomic E-state index is 12.7. The standard InChI is InChI=1S/C24H17N3O3/c1-15-12-19(30-18-8-6-16(14-25)7-9-18)10-11-21(15)26-24(29)22-13-17-4-2-3-5-20(17)23(28)27-22/h2-13H,1H3,(H,26,29)(H,27,28). The number of benzene rings is 3. The van der Waals surface area contributed by atoms with Crippen molar-refractivity contribution in [3.8, 4) is 17.6 Å². The maximum atomic E-state index is 12.7. The molecule has 4 aromatic rings. The first-order valence-corrected chi connectivity index (χ1v) is 9.25. The third-order valence-corrected chi connectivity index (χ3v) is 4.66. The van der Waals surface area contributed by atoms with Crippen LogP contribution in [0.3, 0.4) is 0 Å². The Kier molecular flexibility index (Phi) is 5.02. The van der Waals surface area contributed by atoms with E-state index in [0.717, 1.165) is 5.56 Å². The molecule has 30 heavy (non-hydrogen) atoms. The van der Waals surface area contributed by atoms with Crippen molar-refractivity contribution in [3.05, 3.63) is 100.0 Å². The average Bonchev–Trinajstić information content (AvgIpc) is 2.76. The van der Waals surface area contributed by atoms with Crippen molar-refractivity contribution in [2.24, 2.45) is 0 Å². The van der Waals surface area contributed by atoms with E-state index >= 15 is 0 Å². The Balaban J connectivity index is 1.53. The molecule has 4 rings (SSSR count). The van der Waals surface area contributed by atoms with Crippen molar-refractivity contribution in [1.82, 2.24) is 4.98 Å². The van der Waals surface area contributed by atoms with E-state index in [9.17, 15) is 9.59 Å². The number of anilines is 1. The van der Waals surface area contributed by atoms with E-state index < -0.39 is 5.91 Å². The summed E-state index contributed by atoms with van der Waals surface area (Å²) in [4.78, 5) is 27.5. The largest absolute Gasteiger partial charge is 0.457 e. The molecule has 0 aliphatic heterocycles. The molecule has 0 aliphatic carbocycles. The van der Waals surface area contributed by atoms with Crippen LogP contribution >= 0.6 is 0 Å². The summed E-state index contributed by atoms with van der Waals surface area (Å²) in [7, 11) is 0. The molecule has 0 bridgehead atoms. The molecule has 0 aliphatic rings. The predicted molar refractivity (Wildman–Crippen MR) is 115 cm³/mol. The molecule has 1 aromatic heterocycles. The molecule has 6 nitrogen and oxygen atoms in total. The van der Waals surface area contributed by atoms with Gasteiger partial charge in [0.2, 0.25) is 0 Å². The Labute approximate surface area is 172 Å². The number of carbonyl (C=O) groups is 1. The van der Waals surface area contributed by atoms with Gasteiger partial charge in [-0.3, -0.25) is 9.59 Å². The lowest BCUT2D eigenvalue weighted by Gasteiger charge is -2.11. The van der Waals surface area contributed by atoms with Gasteiger partial charge in [-0.15, -0.1) is 0 Å². The van der Waals surface area contributed by atoms with Crippen LogP contribution in [-0.4, -0.2) is 10.9 Å². The minimum absolute atomic E-state index is 0.191. The second-order valence-electron chi connectivity index (χ2n) is 6.77. The van der Waals surface area contributed by atoms with Gasteiger partial charge in [0.1, 0.15) is 17.2 Å². The van der Waals surface area contributed by atoms with E-state index in [4.69, 9.17) is 10.00 Å². The minimum atomic E-state index is -0.401. The van der Waals surface area contributed by atoms with Gasteiger partial charge >= 0.3 is 0 Å². The molecule has 146 valence electrons. The zero-order valence-electron chi connectivity index (χ0n) is 16.1. The minimum Gasteiger partial charge on any atom is -0.457 e. The van der Waals surface area contributed by atoms with E-state index in [2.05, 4.69) is 16.4 Å². The van der Waals surface area contributed by atoms with Crippen LogP contribution in [0.4, 0.5) is 5.69 Å². The van der Waals surface area contributed by atoms with Crippen LogP contribution < -0.4 is 15.6 Å². The molecule has 0 saturated heterocycles. The number of ether oxygens (including phenoxy) is 1. The predicted octanol–water partition coefficient (Wildman–Crippen LogP) is 4.75. The summed E-state index contributed by atoms with van der Waals surface area (Å²) >= 11 is 0. The first-order valence-electron chi connectivity index (χ1n) is 9.25. The molecule has 1 amide bonds. The Hall–Kier alpha value is -4.37. The number of nitrogens with one attached hydrogen (secondary N) is 2. The molecule has 3 aromatic carbocycles. The van der Waals surface area contributed by atoms with Crippen molar-refractivity contribution in [2.75, 3.05) is 5.32 Å². The first-order chi connectivity index (χ1) is 14.5. The van der Waals surface area contributed by atoms with Crippen molar-refractivity contribution in [1.29, 1.82) is 5.26 Å². The third-order valence-electron chi connectivity index (χ3n) is 4.66. The Morgan fingerprint density at radius 1 is 1.00 bits per heavy atom. The maximum Gasteiger partial charge on any atom is 0.272 e. The highest BCUT2D eigenvalue weighted by Gasteiger charge is 2.12. The van der Waals surface area contributed by atoms with Crippen molar-refractivity contribution in [3.63, 3.8) is 0 Å². The normalized spacial score (nSPS) is 10.4. The summed E-state index contributed by atoms with van der Waals surface area (Å²) < 4.78 is 5.80. The number of hydrogen-bond acceptors (Lipinski definition) is 4. The van der Waals surface area contributed by atoms with Crippen molar-refractivity contribution >= 4 is 22.4 Å². The summed E-state index contributed by atoms with van der Waals surface area (Å²) in [6.45, 7) is 1.85. The fourth-order valence-corrected chi connectivity index (χ4v) is 3.10. The lowest BCUT2D eigenvalue weighted by atomic mass is 10.1. The number of aromatic amines is 1. The van der Waals surface area contributed by atoms with Crippen LogP contribution in [0, 0.1) is 18.3 Å². The average molecular weight is 395 g/mol. The van der Waals surface area contributed by atoms with Gasteiger partial charge in [-0.05, 0) is 72.5 Å². The molecular weight excluding hydrogens is 378 g/mol. The quantitative estimate of drug-likeness (QED) is 0.521. The summed E-state index contributed by atoms with van der Waals surface area (Å²) in [5.74, 6) is 0.815. The fourth-order valence-electron chi connectivity index (χ4n) is 3.10. The molecule has 0 spiro atoms. The Bertz CT molecular complexity index is 1350. The topological polar surface area (TPSA) is 95.0 Å². The molecule has 1 heterocycles. The van der Waals surface area contributed by atoms with Gasteiger partial charge in [0.15, 0.2) is 0 Å². The number of carbonyl (C=O) groups excluding carboxylic acids is 1. The number of hydrogen-bond donors (Lipinski definition) is 2. The van der Waals surface area contributed by atoms with Crippen LogP contribution in [0.25, 0.3) is 10.8 Å². The third kappa shape index (κ3) is 3.91. The summed E-state index contributed by atoms with van der Waals surface area (Å²) in [6, 6.07) is 22.9. The Morgan fingerprint density at radius 2 is 1.73 bits per heavy atom. The van der Waals surface area contributed by atoms with E-state index in [1.54, 1.807) is 66.7 Å². The molecule has 0 atom stereocenters. The van der Waals surface area contributed by atoms with E-state index in [1.165, 1.54) is 0 Å². The number of amides is 1. The van der Waals surface area contributed by atoms with Gasteiger partial charge in [-0.2, -0.15) is 5.26 Å². The van der Waals surface area contributed by atoms with Gasteiger partial charge < -0.3 is 15.0 Å². The van der Waals surface area contributed by atoms with Gasteiger partial charge in [-0.25, -0.2) is 0 Å². The monoisotopic (exact) mass is 395 g/mol. The van der Waals surface area contributed by atoms with Crippen LogP contribution in [0.1, 0.15) is 21.6 Å². The molecule has 6 heteroatoms. The second-order valence-corrected chi connectivity index (χ2v) is 6.77. The number of nitriles is 1. The van der Waals surface area contributed by atoms with Crippen LogP contribution in [-0.2, 0) is 0 Å². The number of pyridine rings is 1. The highest BCUT2D eigenvalue weighted by Crippen LogP contribution is 2.26. The highest BCUT2D eigenvalue weighted by atomic mass is 16.5.